The first-order valence-electron chi connectivity index (χ1n) is 6.69. The third kappa shape index (κ3) is 2.93. The van der Waals surface area contributed by atoms with Crippen molar-refractivity contribution < 1.29 is 4.74 Å². The van der Waals surface area contributed by atoms with Crippen LogP contribution in [0.5, 0.6) is 5.75 Å². The zero-order chi connectivity index (χ0) is 14.7. The van der Waals surface area contributed by atoms with Crippen LogP contribution in [0.2, 0.25) is 5.02 Å². The van der Waals surface area contributed by atoms with Crippen molar-refractivity contribution >= 4 is 11.6 Å². The third-order valence-electron chi connectivity index (χ3n) is 3.38. The predicted molar refractivity (Wildman–Crippen MR) is 87.7 cm³/mol. The van der Waals surface area contributed by atoms with Crippen molar-refractivity contribution in [1.29, 1.82) is 0 Å². The van der Waals surface area contributed by atoms with Crippen molar-refractivity contribution in [2.24, 2.45) is 0 Å². The topological polar surface area (TPSA) is 9.23 Å². The second-order valence-electron chi connectivity index (χ2n) is 4.71. The molecule has 0 aliphatic heterocycles. The summed E-state index contributed by atoms with van der Waals surface area (Å²) in [5.74, 6) is 0.704. The van der Waals surface area contributed by atoms with Crippen molar-refractivity contribution in [2.75, 3.05) is 7.11 Å². The Morgan fingerprint density at radius 1 is 0.857 bits per heavy atom. The van der Waals surface area contributed by atoms with E-state index in [1.54, 1.807) is 7.11 Å². The normalized spacial score (nSPS) is 10.4. The van der Waals surface area contributed by atoms with E-state index in [0.717, 1.165) is 27.3 Å². The first-order chi connectivity index (χ1) is 10.3. The van der Waals surface area contributed by atoms with E-state index in [-0.39, 0.29) is 0 Å². The summed E-state index contributed by atoms with van der Waals surface area (Å²) < 4.78 is 5.21. The molecule has 1 radical (unpaired) electrons. The summed E-state index contributed by atoms with van der Waals surface area (Å²) in [5.41, 5.74) is 4.28. The Morgan fingerprint density at radius 2 is 1.67 bits per heavy atom. The standard InChI is InChI=1S/C19H14ClO/c1-21-17-9-5-8-16(12-17)18-11-10-15(13-19(18)20)14-6-3-2-4-7-14/h2-8,10-13H,1H3. The van der Waals surface area contributed by atoms with Gasteiger partial charge in [0, 0.05) is 16.7 Å². The molecule has 3 aromatic carbocycles. The maximum Gasteiger partial charge on any atom is 0.127 e. The van der Waals surface area contributed by atoms with Crippen LogP contribution in [0.15, 0.2) is 66.7 Å². The quantitative estimate of drug-likeness (QED) is 0.621. The molecular formula is C19H14ClO. The molecule has 0 heterocycles. The van der Waals surface area contributed by atoms with Gasteiger partial charge >= 0.3 is 0 Å². The minimum Gasteiger partial charge on any atom is -0.496 e. The van der Waals surface area contributed by atoms with Crippen molar-refractivity contribution in [2.45, 2.75) is 0 Å². The maximum atomic E-state index is 6.46. The number of methoxy groups -OCH3 is 1. The van der Waals surface area contributed by atoms with Gasteiger partial charge in [0.25, 0.3) is 0 Å². The van der Waals surface area contributed by atoms with E-state index in [9.17, 15) is 0 Å². The molecule has 3 rings (SSSR count). The van der Waals surface area contributed by atoms with E-state index in [1.165, 1.54) is 0 Å². The lowest BCUT2D eigenvalue weighted by atomic mass is 10.00. The molecule has 0 aliphatic rings. The Kier molecular flexibility index (Phi) is 3.94. The molecule has 1 nitrogen and oxygen atoms in total. The molecule has 0 unspecified atom stereocenters. The number of rotatable bonds is 3. The van der Waals surface area contributed by atoms with Crippen LogP contribution in [0.1, 0.15) is 0 Å². The van der Waals surface area contributed by atoms with Crippen molar-refractivity contribution in [3.05, 3.63) is 77.8 Å². The largest absolute Gasteiger partial charge is 0.496 e. The van der Waals surface area contributed by atoms with Crippen LogP contribution in [0.4, 0.5) is 0 Å². The van der Waals surface area contributed by atoms with Gasteiger partial charge in [-0.05, 0) is 34.9 Å². The van der Waals surface area contributed by atoms with Crippen LogP contribution in [0.25, 0.3) is 22.3 Å². The van der Waals surface area contributed by atoms with E-state index in [2.05, 4.69) is 24.3 Å². The highest BCUT2D eigenvalue weighted by atomic mass is 35.5. The molecule has 2 heteroatoms. The van der Waals surface area contributed by atoms with Crippen molar-refractivity contribution in [1.82, 2.24) is 0 Å². The molecule has 0 atom stereocenters. The molecule has 0 saturated heterocycles. The first kappa shape index (κ1) is 13.7. The third-order valence-corrected chi connectivity index (χ3v) is 3.69. The fourth-order valence-electron chi connectivity index (χ4n) is 2.29. The van der Waals surface area contributed by atoms with Crippen LogP contribution in [-0.4, -0.2) is 7.11 Å². The molecular weight excluding hydrogens is 280 g/mol. The van der Waals surface area contributed by atoms with Gasteiger partial charge in [0.15, 0.2) is 0 Å². The van der Waals surface area contributed by atoms with E-state index < -0.39 is 0 Å². The smallest absolute Gasteiger partial charge is 0.127 e. The van der Waals surface area contributed by atoms with Crippen LogP contribution < -0.4 is 4.74 Å². The Hall–Kier alpha value is -2.25. The Labute approximate surface area is 129 Å². The van der Waals surface area contributed by atoms with Crippen LogP contribution in [0.3, 0.4) is 0 Å². The van der Waals surface area contributed by atoms with Crippen LogP contribution >= 0.6 is 11.6 Å². The molecule has 0 aromatic heterocycles. The summed E-state index contributed by atoms with van der Waals surface area (Å²) in [6, 6.07) is 25.1. The summed E-state index contributed by atoms with van der Waals surface area (Å²) in [5, 5.41) is 0.726. The summed E-state index contributed by atoms with van der Waals surface area (Å²) in [4.78, 5) is 0. The number of hydrogen-bond acceptors (Lipinski definition) is 1. The monoisotopic (exact) mass is 293 g/mol. The van der Waals surface area contributed by atoms with Gasteiger partial charge in [-0.2, -0.15) is 0 Å². The predicted octanol–water partition coefficient (Wildman–Crippen LogP) is 5.48. The minimum absolute atomic E-state index is 0.704. The fourth-order valence-corrected chi connectivity index (χ4v) is 2.58. The summed E-state index contributed by atoms with van der Waals surface area (Å²) in [6.45, 7) is 0. The molecule has 0 bridgehead atoms. The first-order valence-corrected chi connectivity index (χ1v) is 7.07. The molecule has 0 N–H and O–H groups in total. The lowest BCUT2D eigenvalue weighted by Crippen LogP contribution is -1.86. The summed E-state index contributed by atoms with van der Waals surface area (Å²) in [6.07, 6.45) is 0. The highest BCUT2D eigenvalue weighted by Gasteiger charge is 2.07. The van der Waals surface area contributed by atoms with Gasteiger partial charge in [-0.15, -0.1) is 0 Å². The second-order valence-corrected chi connectivity index (χ2v) is 5.11. The average molecular weight is 294 g/mol. The van der Waals surface area contributed by atoms with E-state index in [0.29, 0.717) is 5.75 Å². The van der Waals surface area contributed by atoms with Gasteiger partial charge in [-0.25, -0.2) is 0 Å². The minimum atomic E-state index is 0.704. The molecule has 103 valence electrons. The van der Waals surface area contributed by atoms with Gasteiger partial charge in [0.05, 0.1) is 7.11 Å². The van der Waals surface area contributed by atoms with E-state index in [1.807, 2.05) is 48.5 Å². The second kappa shape index (κ2) is 6.02. The Balaban J connectivity index is 2.02. The Bertz CT molecular complexity index is 751. The lowest BCUT2D eigenvalue weighted by molar-refractivity contribution is 0.414. The molecule has 0 amide bonds. The van der Waals surface area contributed by atoms with Crippen LogP contribution in [0, 0.1) is 6.07 Å². The Morgan fingerprint density at radius 3 is 2.38 bits per heavy atom. The van der Waals surface area contributed by atoms with Crippen molar-refractivity contribution in [3.63, 3.8) is 0 Å². The molecule has 0 spiro atoms. The zero-order valence-corrected chi connectivity index (χ0v) is 12.4. The van der Waals surface area contributed by atoms with E-state index >= 15 is 0 Å². The molecule has 0 aliphatic carbocycles. The number of halogens is 1. The van der Waals surface area contributed by atoms with Crippen molar-refractivity contribution in [3.8, 4) is 28.0 Å². The maximum absolute atomic E-state index is 6.46. The zero-order valence-electron chi connectivity index (χ0n) is 11.6. The fraction of sp³-hybridized carbons (Fsp3) is 0.0526. The van der Waals surface area contributed by atoms with E-state index in [4.69, 9.17) is 16.3 Å². The van der Waals surface area contributed by atoms with Gasteiger partial charge in [0.2, 0.25) is 0 Å². The number of hydrogen-bond donors (Lipinski definition) is 0. The number of ether oxygens (including phenoxy) is 1. The van der Waals surface area contributed by atoms with Gasteiger partial charge in [0.1, 0.15) is 5.75 Å². The highest BCUT2D eigenvalue weighted by Crippen LogP contribution is 2.33. The highest BCUT2D eigenvalue weighted by molar-refractivity contribution is 6.33. The van der Waals surface area contributed by atoms with Gasteiger partial charge in [-0.3, -0.25) is 0 Å². The lowest BCUT2D eigenvalue weighted by Gasteiger charge is -2.09. The molecule has 0 fully saturated rings. The van der Waals surface area contributed by atoms with Crippen LogP contribution in [-0.2, 0) is 0 Å². The van der Waals surface area contributed by atoms with Gasteiger partial charge in [-0.1, -0.05) is 60.1 Å². The average Bonchev–Trinajstić information content (AvgIpc) is 2.55. The SMILES string of the molecule is COc1[c]ccc(-c2ccc(-c3ccccc3)cc2Cl)c1. The van der Waals surface area contributed by atoms with Gasteiger partial charge < -0.3 is 4.74 Å². The molecule has 0 saturated carbocycles. The summed E-state index contributed by atoms with van der Waals surface area (Å²) in [7, 11) is 1.63. The molecule has 3 aromatic rings. The summed E-state index contributed by atoms with van der Waals surface area (Å²) >= 11 is 6.46. The molecule has 21 heavy (non-hydrogen) atoms. The number of benzene rings is 3.